The maximum absolute atomic E-state index is 13.7. The molecular weight excluding hydrogens is 580 g/mol. The number of fused-ring (bicyclic) bond motifs is 4. The zero-order valence-electron chi connectivity index (χ0n) is 26.6. The van der Waals surface area contributed by atoms with E-state index in [0.29, 0.717) is 11.6 Å². The second kappa shape index (κ2) is 11.3. The SMILES string of the molecule is COc1cc2c3c([nH]c2cc1-c1c(C)noc1C)NC(C)N=C3c1ccc(C(=O)NC2CCN(C3COC3)CC2)c2ccccc12. The lowest BCUT2D eigenvalue weighted by Crippen LogP contribution is -2.54. The Hall–Kier alpha value is -4.67. The Morgan fingerprint density at radius 1 is 1.00 bits per heavy atom. The van der Waals surface area contributed by atoms with Crippen molar-refractivity contribution < 1.29 is 18.8 Å². The van der Waals surface area contributed by atoms with Crippen molar-refractivity contribution in [1.29, 1.82) is 0 Å². The van der Waals surface area contributed by atoms with Gasteiger partial charge in [-0.25, -0.2) is 0 Å². The molecule has 236 valence electrons. The van der Waals surface area contributed by atoms with E-state index in [4.69, 9.17) is 19.0 Å². The van der Waals surface area contributed by atoms with E-state index >= 15 is 0 Å². The number of anilines is 1. The van der Waals surface area contributed by atoms with Crippen molar-refractivity contribution in [2.75, 3.05) is 38.7 Å². The maximum Gasteiger partial charge on any atom is 0.252 e. The number of carbonyl (C=O) groups is 1. The van der Waals surface area contributed by atoms with E-state index in [-0.39, 0.29) is 18.1 Å². The van der Waals surface area contributed by atoms with Gasteiger partial charge in [0.25, 0.3) is 5.91 Å². The van der Waals surface area contributed by atoms with Gasteiger partial charge in [-0.2, -0.15) is 0 Å². The van der Waals surface area contributed by atoms with Crippen molar-refractivity contribution in [3.05, 3.63) is 76.7 Å². The number of rotatable bonds is 6. The molecule has 8 rings (SSSR count). The molecule has 10 heteroatoms. The van der Waals surface area contributed by atoms with Crippen LogP contribution in [0.25, 0.3) is 32.8 Å². The number of hydrogen-bond donors (Lipinski definition) is 3. The van der Waals surface area contributed by atoms with Gasteiger partial charge in [-0.3, -0.25) is 14.7 Å². The molecule has 0 bridgehead atoms. The second-order valence-electron chi connectivity index (χ2n) is 12.7. The van der Waals surface area contributed by atoms with Gasteiger partial charge in [0.05, 0.1) is 48.9 Å². The fraction of sp³-hybridized carbons (Fsp3) is 0.361. The van der Waals surface area contributed by atoms with Crippen LogP contribution in [0.3, 0.4) is 0 Å². The Bertz CT molecular complexity index is 1990. The van der Waals surface area contributed by atoms with Crippen LogP contribution in [0.2, 0.25) is 0 Å². The number of nitrogens with one attached hydrogen (secondary N) is 3. The second-order valence-corrected chi connectivity index (χ2v) is 12.7. The van der Waals surface area contributed by atoms with Crippen molar-refractivity contribution in [3.8, 4) is 16.9 Å². The predicted molar refractivity (Wildman–Crippen MR) is 179 cm³/mol. The van der Waals surface area contributed by atoms with Crippen LogP contribution in [0.1, 0.15) is 52.7 Å². The van der Waals surface area contributed by atoms with Gasteiger partial charge in [0.1, 0.15) is 23.5 Å². The lowest BCUT2D eigenvalue weighted by Gasteiger charge is -2.41. The van der Waals surface area contributed by atoms with Gasteiger partial charge in [-0.1, -0.05) is 35.5 Å². The summed E-state index contributed by atoms with van der Waals surface area (Å²) in [5, 5.41) is 13.9. The van der Waals surface area contributed by atoms with E-state index in [2.05, 4.69) is 43.9 Å². The minimum absolute atomic E-state index is 0.0295. The highest BCUT2D eigenvalue weighted by atomic mass is 16.5. The van der Waals surface area contributed by atoms with Crippen LogP contribution in [0, 0.1) is 13.8 Å². The van der Waals surface area contributed by atoms with Crippen LogP contribution in [0.4, 0.5) is 5.82 Å². The quantitative estimate of drug-likeness (QED) is 0.220. The normalized spacial score (nSPS) is 19.0. The molecule has 3 aliphatic rings. The van der Waals surface area contributed by atoms with Crippen molar-refractivity contribution >= 4 is 39.1 Å². The first-order valence-corrected chi connectivity index (χ1v) is 16.1. The molecule has 0 aliphatic carbocycles. The molecule has 1 atom stereocenters. The molecule has 1 unspecified atom stereocenters. The number of piperidine rings is 1. The zero-order valence-corrected chi connectivity index (χ0v) is 26.6. The highest BCUT2D eigenvalue weighted by Crippen LogP contribution is 2.42. The first-order valence-electron chi connectivity index (χ1n) is 16.1. The number of carbonyl (C=O) groups excluding carboxylic acids is 1. The number of aliphatic imine (C=N–C) groups is 1. The van der Waals surface area contributed by atoms with Gasteiger partial charge < -0.3 is 29.6 Å². The predicted octanol–water partition coefficient (Wildman–Crippen LogP) is 5.80. The third kappa shape index (κ3) is 4.75. The van der Waals surface area contributed by atoms with Gasteiger partial charge >= 0.3 is 0 Å². The van der Waals surface area contributed by atoms with Crippen LogP contribution in [0.15, 0.2) is 58.0 Å². The van der Waals surface area contributed by atoms with E-state index in [1.807, 2.05) is 51.1 Å². The topological polar surface area (TPSA) is 117 Å². The molecule has 0 saturated carbocycles. The number of methoxy groups -OCH3 is 1. The van der Waals surface area contributed by atoms with Crippen LogP contribution in [-0.2, 0) is 4.74 Å². The highest BCUT2D eigenvalue weighted by molar-refractivity contribution is 6.28. The fourth-order valence-corrected chi connectivity index (χ4v) is 7.32. The summed E-state index contributed by atoms with van der Waals surface area (Å²) in [4.78, 5) is 24.9. The molecule has 10 nitrogen and oxygen atoms in total. The number of benzene rings is 3. The third-order valence-electron chi connectivity index (χ3n) is 9.76. The number of H-pyrrole nitrogens is 1. The van der Waals surface area contributed by atoms with Gasteiger partial charge in [-0.15, -0.1) is 0 Å². The third-order valence-corrected chi connectivity index (χ3v) is 9.76. The molecule has 46 heavy (non-hydrogen) atoms. The average Bonchev–Trinajstić information content (AvgIpc) is 3.56. The number of aryl methyl sites for hydroxylation is 2. The van der Waals surface area contributed by atoms with Crippen LogP contribution >= 0.6 is 0 Å². The summed E-state index contributed by atoms with van der Waals surface area (Å²) in [6.45, 7) is 9.52. The Morgan fingerprint density at radius 2 is 1.78 bits per heavy atom. The first kappa shape index (κ1) is 28.8. The lowest BCUT2D eigenvalue weighted by atomic mass is 9.91. The van der Waals surface area contributed by atoms with Crippen molar-refractivity contribution in [1.82, 2.24) is 20.4 Å². The van der Waals surface area contributed by atoms with Crippen LogP contribution in [0.5, 0.6) is 5.75 Å². The molecule has 3 N–H and O–H groups in total. The van der Waals surface area contributed by atoms with Crippen molar-refractivity contribution in [2.45, 2.75) is 51.9 Å². The molecule has 2 aromatic heterocycles. The summed E-state index contributed by atoms with van der Waals surface area (Å²) in [6, 6.07) is 17.0. The van der Waals surface area contributed by atoms with Crippen LogP contribution < -0.4 is 15.4 Å². The molecule has 1 amide bonds. The Labute approximate surface area is 267 Å². The van der Waals surface area contributed by atoms with Gasteiger partial charge in [-0.05, 0) is 62.6 Å². The summed E-state index contributed by atoms with van der Waals surface area (Å²) in [5.41, 5.74) is 7.11. The molecule has 5 aromatic rings. The lowest BCUT2D eigenvalue weighted by molar-refractivity contribution is -0.0716. The number of hydrogen-bond acceptors (Lipinski definition) is 8. The van der Waals surface area contributed by atoms with Crippen LogP contribution in [-0.4, -0.2) is 78.3 Å². The standard InChI is InChI=1S/C36H38N6O4/c1-19-32(20(2)46-41-19)29-15-30-28(16-31(29)44-4)33-34(37-21(3)38-35(33)40-30)26-9-10-27(25-8-6-5-7-24(25)26)36(43)39-22-11-13-42(14-12-22)23-17-45-18-23/h5-10,15-16,21-23,38,40H,11-14,17-18H2,1-4H3,(H,39,43). The van der Waals surface area contributed by atoms with E-state index in [0.717, 1.165) is 112 Å². The Kier molecular flexibility index (Phi) is 7.06. The van der Waals surface area contributed by atoms with E-state index < -0.39 is 0 Å². The van der Waals surface area contributed by atoms with Gasteiger partial charge in [0.15, 0.2) is 0 Å². The van der Waals surface area contributed by atoms with E-state index in [1.165, 1.54) is 0 Å². The molecule has 2 fully saturated rings. The summed E-state index contributed by atoms with van der Waals surface area (Å²) in [7, 11) is 1.68. The summed E-state index contributed by atoms with van der Waals surface area (Å²) in [5.74, 6) is 2.34. The Morgan fingerprint density at radius 3 is 2.48 bits per heavy atom. The molecule has 5 heterocycles. The van der Waals surface area contributed by atoms with Crippen molar-refractivity contribution in [2.24, 2.45) is 4.99 Å². The van der Waals surface area contributed by atoms with Gasteiger partial charge in [0.2, 0.25) is 0 Å². The molecule has 0 spiro atoms. The molecular formula is C36H38N6O4. The number of aromatic nitrogens is 2. The number of likely N-dealkylation sites (tertiary alicyclic amines) is 1. The average molecular weight is 619 g/mol. The number of amides is 1. The summed E-state index contributed by atoms with van der Waals surface area (Å²) < 4.78 is 16.8. The van der Waals surface area contributed by atoms with E-state index in [1.54, 1.807) is 7.11 Å². The molecule has 3 aromatic carbocycles. The molecule has 2 saturated heterocycles. The minimum atomic E-state index is -0.154. The monoisotopic (exact) mass is 618 g/mol. The maximum atomic E-state index is 13.7. The van der Waals surface area contributed by atoms with Gasteiger partial charge in [0, 0.05) is 46.7 Å². The molecule has 3 aliphatic heterocycles. The first-order chi connectivity index (χ1) is 22.4. The fourth-order valence-electron chi connectivity index (χ4n) is 7.32. The number of aromatic amines is 1. The summed E-state index contributed by atoms with van der Waals surface area (Å²) in [6.07, 6.45) is 1.74. The Balaban J connectivity index is 1.16. The summed E-state index contributed by atoms with van der Waals surface area (Å²) >= 11 is 0. The number of ether oxygens (including phenoxy) is 2. The van der Waals surface area contributed by atoms with E-state index in [9.17, 15) is 4.79 Å². The zero-order chi connectivity index (χ0) is 31.5. The highest BCUT2D eigenvalue weighted by Gasteiger charge is 2.31. The largest absolute Gasteiger partial charge is 0.496 e. The molecule has 0 radical (unpaired) electrons. The number of nitrogens with zero attached hydrogens (tertiary/aromatic N) is 3. The van der Waals surface area contributed by atoms with Crippen molar-refractivity contribution in [3.63, 3.8) is 0 Å². The smallest absolute Gasteiger partial charge is 0.252 e. The minimum Gasteiger partial charge on any atom is -0.496 e.